The van der Waals surface area contributed by atoms with Gasteiger partial charge in [0.05, 0.1) is 6.04 Å². The molecule has 0 aliphatic carbocycles. The Morgan fingerprint density at radius 1 is 1.35 bits per heavy atom. The fourth-order valence-electron chi connectivity index (χ4n) is 2.92. The van der Waals surface area contributed by atoms with Gasteiger partial charge in [0, 0.05) is 19.5 Å². The summed E-state index contributed by atoms with van der Waals surface area (Å²) < 4.78 is 2.30. The van der Waals surface area contributed by atoms with Gasteiger partial charge in [-0.1, -0.05) is 43.7 Å². The van der Waals surface area contributed by atoms with E-state index in [-0.39, 0.29) is 0 Å². The number of aromatic nitrogens is 3. The highest BCUT2D eigenvalue weighted by Gasteiger charge is 2.26. The minimum atomic E-state index is 0.322. The van der Waals surface area contributed by atoms with Gasteiger partial charge in [0.15, 0.2) is 5.82 Å². The first-order valence-corrected chi connectivity index (χ1v) is 7.36. The van der Waals surface area contributed by atoms with E-state index in [4.69, 9.17) is 0 Å². The lowest BCUT2D eigenvalue weighted by Gasteiger charge is -2.27. The molecule has 0 fully saturated rings. The Balaban J connectivity index is 1.89. The van der Waals surface area contributed by atoms with E-state index in [1.807, 2.05) is 0 Å². The number of fused-ring (bicyclic) bond motifs is 1. The average molecular weight is 270 g/mol. The molecule has 1 aliphatic rings. The van der Waals surface area contributed by atoms with E-state index in [9.17, 15) is 0 Å². The molecule has 2 heterocycles. The Kier molecular flexibility index (Phi) is 3.57. The van der Waals surface area contributed by atoms with Gasteiger partial charge in [0.2, 0.25) is 0 Å². The van der Waals surface area contributed by atoms with Gasteiger partial charge in [-0.25, -0.2) is 0 Å². The lowest BCUT2D eigenvalue weighted by atomic mass is 10.0. The molecule has 1 atom stereocenters. The van der Waals surface area contributed by atoms with Crippen molar-refractivity contribution in [2.45, 2.75) is 39.8 Å². The van der Waals surface area contributed by atoms with Crippen molar-refractivity contribution in [1.82, 2.24) is 20.1 Å². The number of nitrogens with zero attached hydrogens (tertiary/aromatic N) is 3. The Hall–Kier alpha value is -1.68. The Morgan fingerprint density at radius 2 is 2.20 bits per heavy atom. The van der Waals surface area contributed by atoms with Crippen LogP contribution in [0.4, 0.5) is 0 Å². The van der Waals surface area contributed by atoms with Crippen LogP contribution in [0.15, 0.2) is 24.3 Å². The van der Waals surface area contributed by atoms with E-state index < -0.39 is 0 Å². The molecule has 4 nitrogen and oxygen atoms in total. The normalized spacial score (nSPS) is 18.3. The fourth-order valence-corrected chi connectivity index (χ4v) is 2.92. The van der Waals surface area contributed by atoms with Crippen molar-refractivity contribution in [3.63, 3.8) is 0 Å². The van der Waals surface area contributed by atoms with Crippen LogP contribution in [0.1, 0.15) is 42.7 Å². The van der Waals surface area contributed by atoms with Gasteiger partial charge < -0.3 is 9.88 Å². The molecule has 3 rings (SSSR count). The summed E-state index contributed by atoms with van der Waals surface area (Å²) in [5.74, 6) is 2.71. The zero-order valence-corrected chi connectivity index (χ0v) is 12.4. The fraction of sp³-hybridized carbons (Fsp3) is 0.500. The maximum atomic E-state index is 4.43. The van der Waals surface area contributed by atoms with Crippen LogP contribution in [0.5, 0.6) is 0 Å². The maximum Gasteiger partial charge on any atom is 0.150 e. The van der Waals surface area contributed by atoms with E-state index in [1.54, 1.807) is 0 Å². The van der Waals surface area contributed by atoms with Gasteiger partial charge in [-0.15, -0.1) is 10.2 Å². The molecule has 1 N–H and O–H groups in total. The molecule has 0 radical (unpaired) electrons. The molecule has 1 aliphatic heterocycles. The van der Waals surface area contributed by atoms with Gasteiger partial charge in [0.25, 0.3) is 0 Å². The lowest BCUT2D eigenvalue weighted by Crippen LogP contribution is -2.37. The third kappa shape index (κ3) is 2.48. The van der Waals surface area contributed by atoms with Crippen molar-refractivity contribution in [2.24, 2.45) is 5.92 Å². The van der Waals surface area contributed by atoms with Gasteiger partial charge in [0.1, 0.15) is 5.82 Å². The summed E-state index contributed by atoms with van der Waals surface area (Å²) in [7, 11) is 0. The topological polar surface area (TPSA) is 42.7 Å². The largest absolute Gasteiger partial charge is 0.312 e. The molecular weight excluding hydrogens is 248 g/mol. The summed E-state index contributed by atoms with van der Waals surface area (Å²) in [6.07, 6.45) is 0.861. The van der Waals surface area contributed by atoms with Crippen LogP contribution in [0, 0.1) is 12.8 Å². The van der Waals surface area contributed by atoms with Crippen LogP contribution in [-0.4, -0.2) is 21.3 Å². The van der Waals surface area contributed by atoms with Gasteiger partial charge in [-0.2, -0.15) is 0 Å². The summed E-state index contributed by atoms with van der Waals surface area (Å²) >= 11 is 0. The molecule has 2 aromatic rings. The molecule has 106 valence electrons. The number of nitrogens with one attached hydrogen (secondary N) is 1. The number of benzene rings is 1. The minimum Gasteiger partial charge on any atom is -0.312 e. The zero-order chi connectivity index (χ0) is 14.1. The third-order valence-corrected chi connectivity index (χ3v) is 3.95. The summed E-state index contributed by atoms with van der Waals surface area (Å²) in [6, 6.07) is 8.94. The molecule has 0 amide bonds. The molecule has 0 spiro atoms. The van der Waals surface area contributed by atoms with E-state index >= 15 is 0 Å². The van der Waals surface area contributed by atoms with E-state index in [0.29, 0.717) is 12.0 Å². The summed E-state index contributed by atoms with van der Waals surface area (Å²) in [6.45, 7) is 8.54. The molecule has 4 heteroatoms. The second-order valence-corrected chi connectivity index (χ2v) is 5.97. The first-order valence-electron chi connectivity index (χ1n) is 7.36. The Bertz CT molecular complexity index is 600. The molecule has 0 bridgehead atoms. The Morgan fingerprint density at radius 3 is 2.95 bits per heavy atom. The highest BCUT2D eigenvalue weighted by Crippen LogP contribution is 2.24. The standard InChI is InChI=1S/C16H22N4/c1-11(2)15-16-19-18-14(20(16)8-7-17-15)10-13-6-4-5-12(3)9-13/h4-6,9,11,15,17H,7-8,10H2,1-3H3. The van der Waals surface area contributed by atoms with Crippen LogP contribution in [0.25, 0.3) is 0 Å². The molecule has 0 saturated heterocycles. The summed E-state index contributed by atoms with van der Waals surface area (Å²) in [4.78, 5) is 0. The predicted octanol–water partition coefficient (Wildman–Crippen LogP) is 2.48. The predicted molar refractivity (Wildman–Crippen MR) is 79.6 cm³/mol. The molecule has 0 saturated carbocycles. The lowest BCUT2D eigenvalue weighted by molar-refractivity contribution is 0.335. The molecular formula is C16H22N4. The maximum absolute atomic E-state index is 4.43. The monoisotopic (exact) mass is 270 g/mol. The van der Waals surface area contributed by atoms with Crippen LogP contribution >= 0.6 is 0 Å². The summed E-state index contributed by atoms with van der Waals surface area (Å²) in [5.41, 5.74) is 2.60. The van der Waals surface area contributed by atoms with E-state index in [1.165, 1.54) is 11.1 Å². The zero-order valence-electron chi connectivity index (χ0n) is 12.4. The van der Waals surface area contributed by atoms with E-state index in [2.05, 4.69) is 65.1 Å². The van der Waals surface area contributed by atoms with Gasteiger partial charge in [-0.05, 0) is 18.4 Å². The first kappa shape index (κ1) is 13.3. The number of hydrogen-bond donors (Lipinski definition) is 1. The average Bonchev–Trinajstić information content (AvgIpc) is 2.82. The molecule has 1 aromatic carbocycles. The first-order chi connectivity index (χ1) is 9.65. The van der Waals surface area contributed by atoms with Crippen molar-refractivity contribution in [3.8, 4) is 0 Å². The van der Waals surface area contributed by atoms with Crippen molar-refractivity contribution in [1.29, 1.82) is 0 Å². The Labute approximate surface area is 120 Å². The van der Waals surface area contributed by atoms with Crippen molar-refractivity contribution in [2.75, 3.05) is 6.54 Å². The van der Waals surface area contributed by atoms with Crippen LogP contribution in [0.3, 0.4) is 0 Å². The van der Waals surface area contributed by atoms with Gasteiger partial charge >= 0.3 is 0 Å². The highest BCUT2D eigenvalue weighted by molar-refractivity contribution is 5.25. The van der Waals surface area contributed by atoms with Crippen LogP contribution in [-0.2, 0) is 13.0 Å². The second kappa shape index (κ2) is 5.37. The number of rotatable bonds is 3. The van der Waals surface area contributed by atoms with Crippen LogP contribution in [0.2, 0.25) is 0 Å². The van der Waals surface area contributed by atoms with Crippen molar-refractivity contribution < 1.29 is 0 Å². The highest BCUT2D eigenvalue weighted by atomic mass is 15.3. The van der Waals surface area contributed by atoms with Crippen molar-refractivity contribution in [3.05, 3.63) is 47.0 Å². The SMILES string of the molecule is Cc1cccc(Cc2nnc3n2CCNC3C(C)C)c1. The molecule has 20 heavy (non-hydrogen) atoms. The molecule has 1 aromatic heterocycles. The number of hydrogen-bond acceptors (Lipinski definition) is 3. The van der Waals surface area contributed by atoms with Crippen molar-refractivity contribution >= 4 is 0 Å². The number of aryl methyl sites for hydroxylation is 1. The molecule has 1 unspecified atom stereocenters. The third-order valence-electron chi connectivity index (χ3n) is 3.95. The summed E-state index contributed by atoms with van der Waals surface area (Å²) in [5, 5.41) is 12.4. The second-order valence-electron chi connectivity index (χ2n) is 5.97. The van der Waals surface area contributed by atoms with E-state index in [0.717, 1.165) is 31.2 Å². The quantitative estimate of drug-likeness (QED) is 0.931. The van der Waals surface area contributed by atoms with Crippen LogP contribution < -0.4 is 5.32 Å². The smallest absolute Gasteiger partial charge is 0.150 e. The minimum absolute atomic E-state index is 0.322. The van der Waals surface area contributed by atoms with Gasteiger partial charge in [-0.3, -0.25) is 0 Å².